The van der Waals surface area contributed by atoms with Gasteiger partial charge >= 0.3 is 0 Å². The van der Waals surface area contributed by atoms with Crippen molar-refractivity contribution in [2.24, 2.45) is 0 Å². The van der Waals surface area contributed by atoms with Crippen LogP contribution in [-0.2, 0) is 10.0 Å². The number of aliphatic hydroxyl groups excluding tert-OH is 1. The molecule has 0 spiro atoms. The smallest absolute Gasteiger partial charge is 0.264 e. The first-order valence-electron chi connectivity index (χ1n) is 9.38. The average molecular weight is 411 g/mol. The lowest BCUT2D eigenvalue weighted by molar-refractivity contribution is 0.0546. The molecule has 2 heterocycles. The molecule has 2 aromatic carbocycles. The van der Waals surface area contributed by atoms with Gasteiger partial charge in [-0.05, 0) is 49.2 Å². The summed E-state index contributed by atoms with van der Waals surface area (Å²) in [5.74, 6) is -0.121. The fourth-order valence-corrected chi connectivity index (χ4v) is 4.67. The summed E-state index contributed by atoms with van der Waals surface area (Å²) in [7, 11) is -3.84. The summed E-state index contributed by atoms with van der Waals surface area (Å²) in [5.41, 5.74) is 1.25. The highest BCUT2D eigenvalue weighted by Crippen LogP contribution is 2.24. The number of piperidine rings is 1. The largest absolute Gasteiger partial charge is 0.393 e. The van der Waals surface area contributed by atoms with Crippen molar-refractivity contribution in [2.75, 3.05) is 17.8 Å². The maximum atomic E-state index is 12.9. The highest BCUT2D eigenvalue weighted by Gasteiger charge is 2.23. The van der Waals surface area contributed by atoms with E-state index in [1.807, 2.05) is 0 Å². The number of aliphatic hydroxyl groups is 1. The van der Waals surface area contributed by atoms with E-state index in [0.29, 0.717) is 42.7 Å². The third-order valence-electron chi connectivity index (χ3n) is 5.02. The number of carbonyl (C=O) groups is 1. The number of nitrogens with one attached hydrogen (secondary N) is 1. The van der Waals surface area contributed by atoms with Gasteiger partial charge in [0, 0.05) is 35.9 Å². The monoisotopic (exact) mass is 411 g/mol. The fourth-order valence-electron chi connectivity index (χ4n) is 3.44. The van der Waals surface area contributed by atoms with Crippen LogP contribution in [0, 0.1) is 0 Å². The number of aromatic nitrogens is 1. The first-order valence-corrected chi connectivity index (χ1v) is 10.9. The third-order valence-corrected chi connectivity index (χ3v) is 6.43. The second kappa shape index (κ2) is 7.81. The Morgan fingerprint density at radius 1 is 1.03 bits per heavy atom. The van der Waals surface area contributed by atoms with Crippen molar-refractivity contribution in [1.29, 1.82) is 0 Å². The Morgan fingerprint density at radius 2 is 1.72 bits per heavy atom. The lowest BCUT2D eigenvalue weighted by Crippen LogP contribution is -2.40. The van der Waals surface area contributed by atoms with Crippen LogP contribution in [0.1, 0.15) is 23.2 Å². The minimum Gasteiger partial charge on any atom is -0.393 e. The normalized spacial score (nSPS) is 15.4. The van der Waals surface area contributed by atoms with Crippen LogP contribution in [0.4, 0.5) is 5.69 Å². The number of benzene rings is 2. The first-order chi connectivity index (χ1) is 13.9. The summed E-state index contributed by atoms with van der Waals surface area (Å²) in [6.07, 6.45) is 2.35. The Bertz CT molecular complexity index is 1130. The van der Waals surface area contributed by atoms with E-state index in [4.69, 9.17) is 0 Å². The van der Waals surface area contributed by atoms with E-state index in [9.17, 15) is 18.3 Å². The highest BCUT2D eigenvalue weighted by molar-refractivity contribution is 7.93. The van der Waals surface area contributed by atoms with Crippen molar-refractivity contribution < 1.29 is 18.3 Å². The maximum Gasteiger partial charge on any atom is 0.264 e. The molecule has 8 heteroatoms. The maximum absolute atomic E-state index is 12.9. The van der Waals surface area contributed by atoms with Crippen molar-refractivity contribution >= 4 is 32.5 Å². The highest BCUT2D eigenvalue weighted by atomic mass is 32.2. The van der Waals surface area contributed by atoms with Gasteiger partial charge in [-0.25, -0.2) is 8.42 Å². The number of likely N-dealkylation sites (tertiary alicyclic amines) is 1. The molecule has 0 saturated carbocycles. The van der Waals surface area contributed by atoms with E-state index in [0.717, 1.165) is 5.39 Å². The van der Waals surface area contributed by atoms with Crippen LogP contribution in [0.5, 0.6) is 0 Å². The molecule has 0 atom stereocenters. The van der Waals surface area contributed by atoms with Crippen LogP contribution in [0.25, 0.3) is 10.9 Å². The first kappa shape index (κ1) is 19.4. The molecule has 0 radical (unpaired) electrons. The van der Waals surface area contributed by atoms with E-state index in [2.05, 4.69) is 9.71 Å². The standard InChI is InChI=1S/C21H21N3O4S/c25-18-10-13-24(14-11-18)21(26)16-6-8-17(9-7-16)23-29(27,28)19-5-1-3-15-4-2-12-22-20(15)19/h1-9,12,18,23,25H,10-11,13-14H2. The summed E-state index contributed by atoms with van der Waals surface area (Å²) in [6, 6.07) is 14.9. The van der Waals surface area contributed by atoms with Crippen molar-refractivity contribution in [1.82, 2.24) is 9.88 Å². The average Bonchev–Trinajstić information content (AvgIpc) is 2.73. The van der Waals surface area contributed by atoms with Crippen LogP contribution in [0.2, 0.25) is 0 Å². The minimum atomic E-state index is -3.84. The zero-order valence-corrected chi connectivity index (χ0v) is 16.5. The lowest BCUT2D eigenvalue weighted by atomic mass is 10.1. The molecular weight excluding hydrogens is 390 g/mol. The Labute approximate surface area is 169 Å². The predicted octanol–water partition coefficient (Wildman–Crippen LogP) is 2.63. The molecule has 0 unspecified atom stereocenters. The summed E-state index contributed by atoms with van der Waals surface area (Å²) in [6.45, 7) is 1.03. The molecular formula is C21H21N3O4S. The lowest BCUT2D eigenvalue weighted by Gasteiger charge is -2.29. The van der Waals surface area contributed by atoms with Gasteiger partial charge in [-0.15, -0.1) is 0 Å². The number of nitrogens with zero attached hydrogens (tertiary/aromatic N) is 2. The van der Waals surface area contributed by atoms with Gasteiger partial charge in [-0.2, -0.15) is 0 Å². The number of anilines is 1. The Hall–Kier alpha value is -2.97. The summed E-state index contributed by atoms with van der Waals surface area (Å²) >= 11 is 0. The molecule has 29 heavy (non-hydrogen) atoms. The third kappa shape index (κ3) is 4.08. The molecule has 1 saturated heterocycles. The number of hydrogen-bond acceptors (Lipinski definition) is 5. The van der Waals surface area contributed by atoms with Gasteiger partial charge < -0.3 is 10.0 Å². The SMILES string of the molecule is O=C(c1ccc(NS(=O)(=O)c2cccc3cccnc23)cc1)N1CCC(O)CC1. The van der Waals surface area contributed by atoms with Gasteiger partial charge in [0.2, 0.25) is 0 Å². The van der Waals surface area contributed by atoms with Gasteiger partial charge in [0.15, 0.2) is 0 Å². The second-order valence-corrected chi connectivity index (χ2v) is 8.69. The molecule has 7 nitrogen and oxygen atoms in total. The number of amides is 1. The fraction of sp³-hybridized carbons (Fsp3) is 0.238. The van der Waals surface area contributed by atoms with Crippen molar-refractivity contribution in [3.05, 3.63) is 66.4 Å². The van der Waals surface area contributed by atoms with E-state index in [1.54, 1.807) is 59.6 Å². The molecule has 1 amide bonds. The second-order valence-electron chi connectivity index (χ2n) is 7.04. The number of hydrogen-bond donors (Lipinski definition) is 2. The Balaban J connectivity index is 1.53. The minimum absolute atomic E-state index is 0.0997. The molecule has 1 aliphatic rings. The van der Waals surface area contributed by atoms with Gasteiger partial charge in [0.1, 0.15) is 4.90 Å². The van der Waals surface area contributed by atoms with E-state index in [-0.39, 0.29) is 16.9 Å². The number of para-hydroxylation sites is 1. The van der Waals surface area contributed by atoms with Gasteiger partial charge in [0.05, 0.1) is 11.6 Å². The number of pyridine rings is 1. The number of carbonyl (C=O) groups excluding carboxylic acids is 1. The van der Waals surface area contributed by atoms with Crippen LogP contribution in [0.15, 0.2) is 65.7 Å². The predicted molar refractivity (Wildman–Crippen MR) is 110 cm³/mol. The molecule has 0 aliphatic carbocycles. The van der Waals surface area contributed by atoms with Crippen molar-refractivity contribution in [3.8, 4) is 0 Å². The molecule has 2 N–H and O–H groups in total. The van der Waals surface area contributed by atoms with Crippen LogP contribution in [0.3, 0.4) is 0 Å². The summed E-state index contributed by atoms with van der Waals surface area (Å²) in [4.78, 5) is 18.6. The number of fused-ring (bicyclic) bond motifs is 1. The van der Waals surface area contributed by atoms with Crippen LogP contribution < -0.4 is 4.72 Å². The molecule has 3 aromatic rings. The Kier molecular flexibility index (Phi) is 5.21. The van der Waals surface area contributed by atoms with E-state index < -0.39 is 10.0 Å². The molecule has 1 fully saturated rings. The Morgan fingerprint density at radius 3 is 2.45 bits per heavy atom. The van der Waals surface area contributed by atoms with Crippen molar-refractivity contribution in [2.45, 2.75) is 23.8 Å². The van der Waals surface area contributed by atoms with Gasteiger partial charge in [-0.1, -0.05) is 18.2 Å². The molecule has 0 bridgehead atoms. The molecule has 1 aromatic heterocycles. The zero-order valence-electron chi connectivity index (χ0n) is 15.7. The quantitative estimate of drug-likeness (QED) is 0.688. The molecule has 150 valence electrons. The van der Waals surface area contributed by atoms with E-state index in [1.165, 1.54) is 6.07 Å². The molecule has 1 aliphatic heterocycles. The number of sulfonamides is 1. The molecule has 4 rings (SSSR count). The topological polar surface area (TPSA) is 99.6 Å². The summed E-state index contributed by atoms with van der Waals surface area (Å²) < 4.78 is 28.3. The van der Waals surface area contributed by atoms with Gasteiger partial charge in [0.25, 0.3) is 15.9 Å². The summed E-state index contributed by atoms with van der Waals surface area (Å²) in [5, 5.41) is 10.3. The number of rotatable bonds is 4. The van der Waals surface area contributed by atoms with Gasteiger partial charge in [-0.3, -0.25) is 14.5 Å². The van der Waals surface area contributed by atoms with Crippen LogP contribution in [-0.4, -0.2) is 48.5 Å². The van der Waals surface area contributed by atoms with Crippen molar-refractivity contribution in [3.63, 3.8) is 0 Å². The van der Waals surface area contributed by atoms with E-state index >= 15 is 0 Å². The van der Waals surface area contributed by atoms with Crippen LogP contribution >= 0.6 is 0 Å². The zero-order chi connectivity index (χ0) is 20.4.